The minimum absolute atomic E-state index is 0. The standard InChI is InChI=1S/C29H32ClF2NO7S.C29H32ClF2NO4S.CH3F.CH4S.Na/c1-26-9-8-19(34)11-22(26)23(31)12-21-20-10-16-14-33(18-6-4-17(30)5-7-18)40-29(16,25(36)15-39-41(3,37)38)27(20,2)13-24(35)28(21,26)32;1-26-9-8-19(34)11-22(26)23(31)12-21-20-10-16-14-33(18-6-4-17(30)5-7-18)37-29(16,25(36)15-38-3)27(20,2)13-24(35)28(21,26)32;2*1-2;/h4-9,11,16,20-21,23-24,35H,10,12-15H2,1-3H3;4-9,11,16,20-21,23-24,35H,10,12-15H2,1-3H3;1H3;2H,1H3;/q;;;;+1/p-1/t2*16-,20-,21-,23-,24-,26-,27-,28-,29-;;;/m00.../s1/i;;1D;;. The average Bonchev–Trinajstić information content (AvgIpc) is 1.64. The average molecular weight is 1280 g/mol. The van der Waals surface area contributed by atoms with E-state index in [0.717, 1.165) is 18.0 Å². The number of aliphatic hydroxyl groups is 2. The normalized spacial score (nSPS) is 41.8. The molecule has 13 nitrogen and oxygen atoms in total. The summed E-state index contributed by atoms with van der Waals surface area (Å²) in [6.45, 7) is 6.62. The summed E-state index contributed by atoms with van der Waals surface area (Å²) < 4.78 is 111. The summed E-state index contributed by atoms with van der Waals surface area (Å²) in [6, 6.07) is 14.0. The molecule has 0 unspecified atom stereocenters. The van der Waals surface area contributed by atoms with Gasteiger partial charge in [-0.1, -0.05) is 49.2 Å². The summed E-state index contributed by atoms with van der Waals surface area (Å²) in [4.78, 5) is 65.4. The molecule has 8 fully saturated rings. The molecule has 0 spiro atoms. The maximum Gasteiger partial charge on any atom is 1.00 e. The number of ketones is 4. The van der Waals surface area contributed by atoms with Crippen LogP contribution in [0.2, 0.25) is 10.0 Å². The molecule has 2 N–H and O–H groups in total. The molecule has 2 aromatic rings. The number of thioether (sulfide) groups is 1. The number of aliphatic hydroxyl groups excluding tert-OH is 2. The van der Waals surface area contributed by atoms with Gasteiger partial charge in [-0.15, -0.1) is 0 Å². The van der Waals surface area contributed by atoms with Crippen molar-refractivity contribution in [2.75, 3.05) is 61.5 Å². The number of nitrogens with zero attached hydrogens (tertiary/aromatic N) is 2. The number of fused-ring (bicyclic) bond motifs is 14. The van der Waals surface area contributed by atoms with Gasteiger partial charge in [0, 0.05) is 55.4 Å². The number of carbonyl (C=O) groups is 4. The van der Waals surface area contributed by atoms with Gasteiger partial charge in [-0.05, 0) is 154 Å². The molecule has 454 valence electrons. The second kappa shape index (κ2) is 24.0. The predicted molar refractivity (Wildman–Crippen MR) is 310 cm³/mol. The molecule has 2 heterocycles. The summed E-state index contributed by atoms with van der Waals surface area (Å²) in [5, 5.41) is 27.7. The predicted octanol–water partition coefficient (Wildman–Crippen LogP) is 6.98. The van der Waals surface area contributed by atoms with Gasteiger partial charge in [0.1, 0.15) is 19.0 Å². The molecule has 84 heavy (non-hydrogen) atoms. The number of rotatable bonds is 9. The van der Waals surface area contributed by atoms with E-state index in [1.165, 1.54) is 49.1 Å². The Morgan fingerprint density at radius 1 is 0.726 bits per heavy atom. The van der Waals surface area contributed by atoms with Gasteiger partial charge in [0.15, 0.2) is 45.7 Å². The van der Waals surface area contributed by atoms with Crippen LogP contribution in [0.4, 0.5) is 33.3 Å². The van der Waals surface area contributed by atoms with Crippen molar-refractivity contribution < 1.29 is 105 Å². The third kappa shape index (κ3) is 9.86. The minimum Gasteiger partial charge on any atom is -0.796 e. The van der Waals surface area contributed by atoms with Gasteiger partial charge >= 0.3 is 29.6 Å². The Kier molecular flexibility index (Phi) is 18.8. The summed E-state index contributed by atoms with van der Waals surface area (Å²) in [5.74, 6) is -4.95. The van der Waals surface area contributed by atoms with Crippen LogP contribution in [0.3, 0.4) is 0 Å². The van der Waals surface area contributed by atoms with E-state index in [0.29, 0.717) is 28.7 Å². The van der Waals surface area contributed by atoms with Crippen LogP contribution >= 0.6 is 35.0 Å². The van der Waals surface area contributed by atoms with Gasteiger partial charge in [0.2, 0.25) is 0 Å². The van der Waals surface area contributed by atoms with Crippen LogP contribution < -0.4 is 39.7 Å². The van der Waals surface area contributed by atoms with Crippen molar-refractivity contribution in [1.29, 1.82) is 0 Å². The zero-order valence-electron chi connectivity index (χ0n) is 49.0. The first kappa shape index (κ1) is 65.8. The number of alkyl halides is 5. The van der Waals surface area contributed by atoms with Gasteiger partial charge in [-0.2, -0.15) is 26.4 Å². The van der Waals surface area contributed by atoms with Crippen molar-refractivity contribution in [3.63, 3.8) is 0 Å². The SMILES string of the molecule is CSCC(=O)[C@@]12ON(c3ccc(Cl)cc3)C[C@@H]1C[C@H]1[C@@H]3C[C@H](F)C4=CC(=O)C=C[C@]4(C)[C@@]3(F)[C@@H](O)C[C@@]12C.C[C@]12C=CC(=O)C=C1[C@@H](F)C[C@H]1[C@@H]3C[C@H]4CN(c5ccc(Cl)cc5)O[C@@]4(C(=O)COS(C)(=O)=O)[C@@]3(C)C[C@H](O)[C@@]12F.C[S-].[2H]CF.[Na+]. The first-order chi connectivity index (χ1) is 39.4. The molecule has 2 aliphatic heterocycles. The Morgan fingerprint density at radius 2 is 1.10 bits per heavy atom. The van der Waals surface area contributed by atoms with Crippen molar-refractivity contribution in [1.82, 2.24) is 0 Å². The Labute approximate surface area is 531 Å². The summed E-state index contributed by atoms with van der Waals surface area (Å²) >= 11 is 17.6. The van der Waals surface area contributed by atoms with Crippen LogP contribution in [0, 0.1) is 57.2 Å². The molecular formula is C60H70Cl2F5N2NaO11S3. The number of allylic oxidation sites excluding steroid dienone is 8. The van der Waals surface area contributed by atoms with Crippen molar-refractivity contribution in [3.8, 4) is 0 Å². The van der Waals surface area contributed by atoms with Gasteiger partial charge < -0.3 is 22.8 Å². The fourth-order valence-electron chi connectivity index (χ4n) is 17.5. The Bertz CT molecular complexity index is 3200. The van der Waals surface area contributed by atoms with Gasteiger partial charge in [-0.3, -0.25) is 47.6 Å². The molecule has 18 atom stereocenters. The largest absolute Gasteiger partial charge is 1.00 e. The van der Waals surface area contributed by atoms with Crippen molar-refractivity contribution in [3.05, 3.63) is 106 Å². The van der Waals surface area contributed by atoms with E-state index in [2.05, 4.69) is 12.6 Å². The summed E-state index contributed by atoms with van der Waals surface area (Å²) in [7, 11) is -4.98. The number of hydrogen-bond donors (Lipinski definition) is 2. The second-order valence-corrected chi connectivity index (χ2v) is 27.9. The van der Waals surface area contributed by atoms with Gasteiger partial charge in [-0.25, -0.2) is 17.6 Å². The Balaban J connectivity index is 0.000000204. The molecule has 0 radical (unpaired) electrons. The van der Waals surface area contributed by atoms with Crippen LogP contribution in [0.1, 0.15) is 67.6 Å². The van der Waals surface area contributed by atoms with E-state index in [4.69, 9.17) is 38.4 Å². The molecular weight excluding hydrogens is 1210 g/mol. The quantitative estimate of drug-likeness (QED) is 0.114. The van der Waals surface area contributed by atoms with Crippen LogP contribution in [0.25, 0.3) is 0 Å². The molecule has 0 aromatic heterocycles. The van der Waals surface area contributed by atoms with Gasteiger partial charge in [0.05, 0.1) is 57.2 Å². The summed E-state index contributed by atoms with van der Waals surface area (Å²) in [6.07, 6.45) is 5.79. The van der Waals surface area contributed by atoms with Crippen LogP contribution in [-0.4, -0.2) is 140 Å². The van der Waals surface area contributed by atoms with E-state index in [9.17, 15) is 42.2 Å². The zero-order chi connectivity index (χ0) is 61.7. The van der Waals surface area contributed by atoms with Crippen LogP contribution in [0.5, 0.6) is 0 Å². The number of hydroxylamine groups is 2. The molecule has 24 heteroatoms. The second-order valence-electron chi connectivity index (χ2n) is 24.6. The maximum atomic E-state index is 17.6. The van der Waals surface area contributed by atoms with Crippen molar-refractivity contribution in [2.45, 2.75) is 113 Å². The maximum absolute atomic E-state index is 17.6. The number of hydrogen-bond acceptors (Lipinski definition) is 15. The minimum atomic E-state index is -3.98. The molecule has 0 amide bonds. The topological polar surface area (TPSA) is 177 Å². The Morgan fingerprint density at radius 3 is 1.45 bits per heavy atom. The van der Waals surface area contributed by atoms with Crippen molar-refractivity contribution >= 4 is 92.2 Å². The number of benzene rings is 2. The molecule has 6 saturated carbocycles. The van der Waals surface area contributed by atoms with Crippen LogP contribution in [-0.2, 0) is 55.8 Å². The molecule has 8 aliphatic carbocycles. The van der Waals surface area contributed by atoms with E-state index >= 15 is 17.6 Å². The third-order valence-electron chi connectivity index (χ3n) is 21.0. The third-order valence-corrected chi connectivity index (χ3v) is 22.6. The molecule has 2 saturated heterocycles. The molecule has 10 aliphatic rings. The first-order valence-corrected chi connectivity index (χ1v) is 32.2. The van der Waals surface area contributed by atoms with Gasteiger partial charge in [0.25, 0.3) is 10.1 Å². The fourth-order valence-corrected chi connectivity index (χ4v) is 18.6. The number of halogens is 7. The number of anilines is 2. The number of carbonyl (C=O) groups excluding carboxylic acids is 4. The van der Waals surface area contributed by atoms with E-state index in [1.54, 1.807) is 66.6 Å². The van der Waals surface area contributed by atoms with E-state index in [1.807, 2.05) is 25.3 Å². The zero-order valence-corrected chi connectivity index (χ0v) is 53.9. The first-order valence-electron chi connectivity index (χ1n) is 28.1. The molecule has 12 rings (SSSR count). The monoisotopic (exact) mass is 1280 g/mol. The van der Waals surface area contributed by atoms with E-state index in [-0.39, 0.29) is 109 Å². The smallest absolute Gasteiger partial charge is 0.796 e. The Hall–Kier alpha value is -2.64. The molecule has 0 bridgehead atoms. The summed E-state index contributed by atoms with van der Waals surface area (Å²) in [5.41, 5.74) is -11.1. The fraction of sp³-hybridized carbons (Fsp3) is 0.600. The van der Waals surface area contributed by atoms with E-state index < -0.39 is 128 Å². The van der Waals surface area contributed by atoms with Crippen LogP contribution in [0.15, 0.2) is 96.1 Å². The molecule has 2 aromatic carbocycles. The van der Waals surface area contributed by atoms with Crippen molar-refractivity contribution in [2.24, 2.45) is 57.2 Å². The number of Topliss-reactive ketones (excluding diaryl/α,β-unsaturated/α-hetero) is 2.